The standard InChI is InChI=1S/C23H16Cl2N2O3S/c1-30-19-8-3-2-7-18(19)26-20-21(31-17-11-9-14(24)10-12-17)23(29)27(22(20)28)16-6-4-5-15(25)13-16/h2-13,26H,1H3. The highest BCUT2D eigenvalue weighted by Gasteiger charge is 2.40. The van der Waals surface area contributed by atoms with Crippen LogP contribution in [0.25, 0.3) is 0 Å². The van der Waals surface area contributed by atoms with Gasteiger partial charge in [-0.15, -0.1) is 0 Å². The Balaban J connectivity index is 1.77. The Morgan fingerprint density at radius 1 is 0.871 bits per heavy atom. The molecule has 3 aromatic rings. The monoisotopic (exact) mass is 470 g/mol. The number of methoxy groups -OCH3 is 1. The average Bonchev–Trinajstić information content (AvgIpc) is 2.99. The van der Waals surface area contributed by atoms with Crippen LogP contribution in [-0.4, -0.2) is 18.9 Å². The normalized spacial score (nSPS) is 13.7. The molecule has 0 saturated carbocycles. The highest BCUT2D eigenvalue weighted by molar-refractivity contribution is 8.04. The van der Waals surface area contributed by atoms with Gasteiger partial charge in [0.05, 0.1) is 18.5 Å². The van der Waals surface area contributed by atoms with Gasteiger partial charge >= 0.3 is 0 Å². The third kappa shape index (κ3) is 4.42. The quantitative estimate of drug-likeness (QED) is 0.448. The number of hydrogen-bond donors (Lipinski definition) is 1. The van der Waals surface area contributed by atoms with E-state index in [0.29, 0.717) is 27.2 Å². The molecule has 0 spiro atoms. The SMILES string of the molecule is COc1ccccc1NC1=C(Sc2ccc(Cl)cc2)C(=O)N(c2cccc(Cl)c2)C1=O. The van der Waals surface area contributed by atoms with Crippen molar-refractivity contribution in [2.45, 2.75) is 4.90 Å². The van der Waals surface area contributed by atoms with Gasteiger partial charge in [0.25, 0.3) is 11.8 Å². The zero-order valence-electron chi connectivity index (χ0n) is 16.3. The summed E-state index contributed by atoms with van der Waals surface area (Å²) < 4.78 is 5.38. The van der Waals surface area contributed by atoms with Gasteiger partial charge < -0.3 is 10.1 Å². The van der Waals surface area contributed by atoms with Crippen LogP contribution in [0, 0.1) is 0 Å². The number of hydrogen-bond acceptors (Lipinski definition) is 5. The minimum absolute atomic E-state index is 0.162. The van der Waals surface area contributed by atoms with Gasteiger partial charge in [-0.25, -0.2) is 4.90 Å². The van der Waals surface area contributed by atoms with Crippen molar-refractivity contribution in [3.8, 4) is 5.75 Å². The molecule has 1 heterocycles. The number of rotatable bonds is 6. The summed E-state index contributed by atoms with van der Waals surface area (Å²) in [6.07, 6.45) is 0. The second kappa shape index (κ2) is 9.06. The number of imide groups is 1. The Kier molecular flexibility index (Phi) is 6.23. The van der Waals surface area contributed by atoms with Gasteiger partial charge in [-0.05, 0) is 54.6 Å². The molecular formula is C23H16Cl2N2O3S. The summed E-state index contributed by atoms with van der Waals surface area (Å²) in [7, 11) is 1.54. The first kappa shape index (κ1) is 21.3. The molecule has 1 aliphatic rings. The fourth-order valence-corrected chi connectivity index (χ4v) is 4.30. The Bertz CT molecular complexity index is 1200. The van der Waals surface area contributed by atoms with E-state index in [0.717, 1.165) is 9.80 Å². The van der Waals surface area contributed by atoms with Gasteiger partial charge in [0.2, 0.25) is 0 Å². The number of carbonyl (C=O) groups excluding carboxylic acids is 2. The molecular weight excluding hydrogens is 455 g/mol. The number of ether oxygens (including phenoxy) is 1. The fourth-order valence-electron chi connectivity index (χ4n) is 3.07. The van der Waals surface area contributed by atoms with Crippen molar-refractivity contribution < 1.29 is 14.3 Å². The minimum Gasteiger partial charge on any atom is -0.495 e. The molecule has 0 unspecified atom stereocenters. The van der Waals surface area contributed by atoms with Crippen LogP contribution >= 0.6 is 35.0 Å². The van der Waals surface area contributed by atoms with Gasteiger partial charge in [-0.3, -0.25) is 9.59 Å². The number of para-hydroxylation sites is 2. The van der Waals surface area contributed by atoms with Crippen molar-refractivity contribution in [3.63, 3.8) is 0 Å². The van der Waals surface area contributed by atoms with Crippen LogP contribution in [0.5, 0.6) is 5.75 Å². The summed E-state index contributed by atoms with van der Waals surface area (Å²) in [6, 6.07) is 20.8. The summed E-state index contributed by atoms with van der Waals surface area (Å²) in [4.78, 5) is 28.8. The largest absolute Gasteiger partial charge is 0.495 e. The van der Waals surface area contributed by atoms with Gasteiger partial charge in [0.15, 0.2) is 0 Å². The molecule has 4 rings (SSSR count). The van der Waals surface area contributed by atoms with Crippen LogP contribution in [0.4, 0.5) is 11.4 Å². The van der Waals surface area contributed by atoms with E-state index < -0.39 is 11.8 Å². The van der Waals surface area contributed by atoms with E-state index in [2.05, 4.69) is 5.32 Å². The van der Waals surface area contributed by atoms with E-state index in [-0.39, 0.29) is 10.6 Å². The van der Waals surface area contributed by atoms with Crippen molar-refractivity contribution >= 4 is 58.2 Å². The number of carbonyl (C=O) groups is 2. The summed E-state index contributed by atoms with van der Waals surface area (Å²) in [5.41, 5.74) is 1.13. The lowest BCUT2D eigenvalue weighted by molar-refractivity contribution is -0.120. The molecule has 0 aromatic heterocycles. The molecule has 0 atom stereocenters. The number of anilines is 2. The van der Waals surface area contributed by atoms with Crippen LogP contribution < -0.4 is 15.0 Å². The lowest BCUT2D eigenvalue weighted by Gasteiger charge is -2.16. The van der Waals surface area contributed by atoms with E-state index in [1.807, 2.05) is 12.1 Å². The van der Waals surface area contributed by atoms with Crippen LogP contribution in [0.15, 0.2) is 88.3 Å². The lowest BCUT2D eigenvalue weighted by atomic mass is 10.2. The molecule has 3 aromatic carbocycles. The first-order valence-corrected chi connectivity index (χ1v) is 10.8. The number of benzene rings is 3. The number of amides is 2. The lowest BCUT2D eigenvalue weighted by Crippen LogP contribution is -2.32. The van der Waals surface area contributed by atoms with Crippen LogP contribution in [-0.2, 0) is 9.59 Å². The Hall–Kier alpha value is -2.93. The number of nitrogens with zero attached hydrogens (tertiary/aromatic N) is 1. The van der Waals surface area contributed by atoms with E-state index in [9.17, 15) is 9.59 Å². The van der Waals surface area contributed by atoms with Crippen molar-refractivity contribution in [2.24, 2.45) is 0 Å². The van der Waals surface area contributed by atoms with Crippen molar-refractivity contribution in [1.82, 2.24) is 0 Å². The molecule has 1 aliphatic heterocycles. The van der Waals surface area contributed by atoms with E-state index in [4.69, 9.17) is 27.9 Å². The van der Waals surface area contributed by atoms with Gasteiger partial charge in [-0.2, -0.15) is 0 Å². The molecule has 156 valence electrons. The molecule has 8 heteroatoms. The summed E-state index contributed by atoms with van der Waals surface area (Å²) >= 11 is 13.3. The maximum atomic E-state index is 13.4. The molecule has 0 radical (unpaired) electrons. The topological polar surface area (TPSA) is 58.6 Å². The molecule has 0 fully saturated rings. The van der Waals surface area contributed by atoms with Crippen molar-refractivity contribution in [3.05, 3.63) is 93.4 Å². The summed E-state index contributed by atoms with van der Waals surface area (Å²) in [6.45, 7) is 0. The summed E-state index contributed by atoms with van der Waals surface area (Å²) in [5, 5.41) is 4.11. The Morgan fingerprint density at radius 2 is 1.61 bits per heavy atom. The molecule has 0 aliphatic carbocycles. The third-order valence-electron chi connectivity index (χ3n) is 4.51. The molecule has 5 nitrogen and oxygen atoms in total. The Morgan fingerprint density at radius 3 is 2.32 bits per heavy atom. The molecule has 0 saturated heterocycles. The molecule has 2 amide bonds. The van der Waals surface area contributed by atoms with E-state index >= 15 is 0 Å². The first-order valence-electron chi connectivity index (χ1n) is 9.20. The van der Waals surface area contributed by atoms with Gasteiger partial charge in [0.1, 0.15) is 16.4 Å². The molecule has 0 bridgehead atoms. The van der Waals surface area contributed by atoms with Crippen molar-refractivity contribution in [1.29, 1.82) is 0 Å². The highest BCUT2D eigenvalue weighted by Crippen LogP contribution is 2.39. The Labute approximate surface area is 193 Å². The second-order valence-corrected chi connectivity index (χ2v) is 8.47. The predicted octanol–water partition coefficient (Wildman–Crippen LogP) is 5.99. The van der Waals surface area contributed by atoms with Crippen LogP contribution in [0.1, 0.15) is 0 Å². The average molecular weight is 471 g/mol. The summed E-state index contributed by atoms with van der Waals surface area (Å²) in [5.74, 6) is -0.369. The number of thioether (sulfide) groups is 1. The smallest absolute Gasteiger partial charge is 0.283 e. The molecule has 31 heavy (non-hydrogen) atoms. The highest BCUT2D eigenvalue weighted by atomic mass is 35.5. The van der Waals surface area contributed by atoms with Crippen LogP contribution in [0.3, 0.4) is 0 Å². The number of halogens is 2. The zero-order valence-corrected chi connectivity index (χ0v) is 18.6. The van der Waals surface area contributed by atoms with E-state index in [1.165, 1.54) is 18.9 Å². The van der Waals surface area contributed by atoms with Crippen LogP contribution in [0.2, 0.25) is 10.0 Å². The zero-order chi connectivity index (χ0) is 22.0. The first-order chi connectivity index (χ1) is 15.0. The molecule has 1 N–H and O–H groups in total. The third-order valence-corrected chi connectivity index (χ3v) is 6.09. The van der Waals surface area contributed by atoms with Crippen molar-refractivity contribution in [2.75, 3.05) is 17.3 Å². The maximum absolute atomic E-state index is 13.4. The number of nitrogens with one attached hydrogen (secondary N) is 1. The minimum atomic E-state index is -0.477. The van der Waals surface area contributed by atoms with E-state index in [1.54, 1.807) is 60.7 Å². The van der Waals surface area contributed by atoms with Gasteiger partial charge in [-0.1, -0.05) is 53.2 Å². The van der Waals surface area contributed by atoms with Gasteiger partial charge in [0, 0.05) is 14.9 Å². The fraction of sp³-hybridized carbons (Fsp3) is 0.0435. The second-order valence-electron chi connectivity index (χ2n) is 6.51. The predicted molar refractivity (Wildman–Crippen MR) is 125 cm³/mol. The maximum Gasteiger partial charge on any atom is 0.283 e.